The largest absolute Gasteiger partial charge is 0.479 e. The van der Waals surface area contributed by atoms with E-state index < -0.39 is 47.6 Å². The smallest absolute Gasteiger partial charge is 0.429 e. The van der Waals surface area contributed by atoms with Gasteiger partial charge in [-0.25, -0.2) is 27.9 Å². The van der Waals surface area contributed by atoms with Crippen molar-refractivity contribution in [1.82, 2.24) is 24.9 Å². The molecule has 10 nitrogen and oxygen atoms in total. The Morgan fingerprint density at radius 1 is 1.11 bits per heavy atom. The molecule has 0 radical (unpaired) electrons. The quantitative estimate of drug-likeness (QED) is 0.294. The number of anilines is 1. The van der Waals surface area contributed by atoms with Crippen molar-refractivity contribution in [3.63, 3.8) is 0 Å². The molecule has 0 fully saturated rings. The lowest BCUT2D eigenvalue weighted by molar-refractivity contribution is -0.255. The Hall–Kier alpha value is -4.47. The number of benzene rings is 1. The SMILES string of the molecule is O=C(O)C(O)(CNc1nc(-c2cc(-c3ccon3)n(Cc3cccc(F)c3F)n2)ncc1F)C(F)(F)F. The predicted molar refractivity (Wildman–Crippen MR) is 111 cm³/mol. The Balaban J connectivity index is 1.70. The second-order valence-corrected chi connectivity index (χ2v) is 7.58. The summed E-state index contributed by atoms with van der Waals surface area (Å²) >= 11 is 0. The minimum absolute atomic E-state index is 0.0813. The highest BCUT2D eigenvalue weighted by Crippen LogP contribution is 2.32. The molecule has 37 heavy (non-hydrogen) atoms. The van der Waals surface area contributed by atoms with Crippen LogP contribution in [0.2, 0.25) is 0 Å². The number of nitrogens with zero attached hydrogens (tertiary/aromatic N) is 5. The van der Waals surface area contributed by atoms with E-state index in [4.69, 9.17) is 9.63 Å². The highest BCUT2D eigenvalue weighted by molar-refractivity contribution is 5.79. The molecule has 3 N–H and O–H groups in total. The van der Waals surface area contributed by atoms with Gasteiger partial charge in [-0.1, -0.05) is 17.3 Å². The average Bonchev–Trinajstić information content (AvgIpc) is 3.50. The van der Waals surface area contributed by atoms with Crippen LogP contribution >= 0.6 is 0 Å². The fourth-order valence-corrected chi connectivity index (χ4v) is 3.15. The van der Waals surface area contributed by atoms with Gasteiger partial charge in [-0.05, 0) is 12.1 Å². The number of rotatable bonds is 8. The normalized spacial score (nSPS) is 13.4. The second-order valence-electron chi connectivity index (χ2n) is 7.58. The van der Waals surface area contributed by atoms with E-state index in [9.17, 15) is 36.2 Å². The summed E-state index contributed by atoms with van der Waals surface area (Å²) in [5, 5.41) is 28.1. The third kappa shape index (κ3) is 4.95. The molecule has 0 saturated carbocycles. The summed E-state index contributed by atoms with van der Waals surface area (Å²) in [6.07, 6.45) is -3.77. The first kappa shape index (κ1) is 25.6. The number of carbonyl (C=O) groups is 1. The van der Waals surface area contributed by atoms with E-state index in [1.807, 2.05) is 5.32 Å². The first-order chi connectivity index (χ1) is 17.4. The van der Waals surface area contributed by atoms with Crippen LogP contribution in [0.3, 0.4) is 0 Å². The van der Waals surface area contributed by atoms with Gasteiger partial charge in [-0.3, -0.25) is 4.68 Å². The minimum Gasteiger partial charge on any atom is -0.479 e. The van der Waals surface area contributed by atoms with Crippen molar-refractivity contribution >= 4 is 11.8 Å². The van der Waals surface area contributed by atoms with Crippen molar-refractivity contribution in [3.05, 3.63) is 65.8 Å². The molecule has 0 aliphatic rings. The number of hydrogen-bond donors (Lipinski definition) is 3. The Kier molecular flexibility index (Phi) is 6.60. The van der Waals surface area contributed by atoms with Crippen LogP contribution < -0.4 is 5.32 Å². The van der Waals surface area contributed by atoms with E-state index in [0.29, 0.717) is 6.20 Å². The Morgan fingerprint density at radius 2 is 1.86 bits per heavy atom. The fraction of sp³-hybridized carbons (Fsp3) is 0.190. The molecular weight excluding hydrogens is 514 g/mol. The van der Waals surface area contributed by atoms with Gasteiger partial charge in [0.25, 0.3) is 5.60 Å². The highest BCUT2D eigenvalue weighted by Gasteiger charge is 2.60. The van der Waals surface area contributed by atoms with Crippen molar-refractivity contribution in [3.8, 4) is 22.9 Å². The van der Waals surface area contributed by atoms with Crippen LogP contribution in [-0.4, -0.2) is 59.4 Å². The molecule has 16 heteroatoms. The Labute approximate surface area is 202 Å². The number of aliphatic hydroxyl groups is 1. The van der Waals surface area contributed by atoms with Crippen LogP contribution in [0.25, 0.3) is 22.9 Å². The molecule has 194 valence electrons. The molecule has 4 aromatic rings. The zero-order chi connectivity index (χ0) is 27.0. The molecule has 1 unspecified atom stereocenters. The molecule has 0 aliphatic heterocycles. The van der Waals surface area contributed by atoms with Gasteiger partial charge in [0.05, 0.1) is 25.0 Å². The molecule has 0 bridgehead atoms. The summed E-state index contributed by atoms with van der Waals surface area (Å²) in [6, 6.07) is 6.29. The number of halogens is 6. The first-order valence-electron chi connectivity index (χ1n) is 10.1. The third-order valence-corrected chi connectivity index (χ3v) is 5.14. The van der Waals surface area contributed by atoms with Crippen molar-refractivity contribution in [2.45, 2.75) is 18.3 Å². The van der Waals surface area contributed by atoms with Gasteiger partial charge < -0.3 is 20.1 Å². The Bertz CT molecular complexity index is 1440. The molecule has 3 heterocycles. The number of carboxylic acid groups (broad SMARTS) is 1. The molecular formula is C21H14F6N6O4. The van der Waals surface area contributed by atoms with Gasteiger partial charge >= 0.3 is 12.1 Å². The van der Waals surface area contributed by atoms with Gasteiger partial charge in [-0.2, -0.15) is 18.3 Å². The van der Waals surface area contributed by atoms with Gasteiger partial charge in [-0.15, -0.1) is 0 Å². The zero-order valence-corrected chi connectivity index (χ0v) is 18.2. The molecule has 1 aromatic carbocycles. The monoisotopic (exact) mass is 528 g/mol. The maximum atomic E-state index is 14.2. The summed E-state index contributed by atoms with van der Waals surface area (Å²) < 4.78 is 87.2. The predicted octanol–water partition coefficient (Wildman–Crippen LogP) is 3.25. The van der Waals surface area contributed by atoms with E-state index in [1.54, 1.807) is 0 Å². The maximum absolute atomic E-state index is 14.2. The van der Waals surface area contributed by atoms with Crippen LogP contribution in [0.15, 0.2) is 47.3 Å². The van der Waals surface area contributed by atoms with Gasteiger partial charge in [0.2, 0.25) is 0 Å². The van der Waals surface area contributed by atoms with Gasteiger partial charge in [0.15, 0.2) is 29.1 Å². The van der Waals surface area contributed by atoms with Crippen molar-refractivity contribution in [2.75, 3.05) is 11.9 Å². The van der Waals surface area contributed by atoms with Crippen LogP contribution in [0.4, 0.5) is 32.2 Å². The minimum atomic E-state index is -5.59. The lowest BCUT2D eigenvalue weighted by Gasteiger charge is -2.26. The van der Waals surface area contributed by atoms with E-state index >= 15 is 0 Å². The van der Waals surface area contributed by atoms with Crippen molar-refractivity contribution in [1.29, 1.82) is 0 Å². The number of hydrogen-bond acceptors (Lipinski definition) is 8. The van der Waals surface area contributed by atoms with Gasteiger partial charge in [0.1, 0.15) is 17.7 Å². The second kappa shape index (κ2) is 9.53. The number of aliphatic carboxylic acids is 1. The average molecular weight is 528 g/mol. The molecule has 1 atom stereocenters. The Morgan fingerprint density at radius 3 is 2.51 bits per heavy atom. The summed E-state index contributed by atoms with van der Waals surface area (Å²) in [4.78, 5) is 18.5. The molecule has 0 saturated heterocycles. The first-order valence-corrected chi connectivity index (χ1v) is 10.1. The van der Waals surface area contributed by atoms with E-state index in [1.165, 1.54) is 35.2 Å². The highest BCUT2D eigenvalue weighted by atomic mass is 19.4. The number of nitrogens with one attached hydrogen (secondary N) is 1. The molecule has 0 spiro atoms. The molecule has 4 rings (SSSR count). The number of carboxylic acids is 1. The number of aromatic nitrogens is 5. The lowest BCUT2D eigenvalue weighted by Crippen LogP contribution is -2.56. The van der Waals surface area contributed by atoms with Crippen LogP contribution in [-0.2, 0) is 11.3 Å². The van der Waals surface area contributed by atoms with Crippen LogP contribution in [0.1, 0.15) is 5.56 Å². The molecule has 0 amide bonds. The topological polar surface area (TPSA) is 139 Å². The van der Waals surface area contributed by atoms with Gasteiger partial charge in [0, 0.05) is 11.6 Å². The van der Waals surface area contributed by atoms with E-state index in [0.717, 1.165) is 6.07 Å². The van der Waals surface area contributed by atoms with E-state index in [-0.39, 0.29) is 35.0 Å². The number of alkyl halides is 3. The van der Waals surface area contributed by atoms with Crippen molar-refractivity contribution in [2.24, 2.45) is 0 Å². The molecule has 0 aliphatic carbocycles. The van der Waals surface area contributed by atoms with Crippen LogP contribution in [0, 0.1) is 17.5 Å². The third-order valence-electron chi connectivity index (χ3n) is 5.14. The lowest BCUT2D eigenvalue weighted by atomic mass is 10.0. The van der Waals surface area contributed by atoms with E-state index in [2.05, 4.69) is 20.2 Å². The van der Waals surface area contributed by atoms with Crippen molar-refractivity contribution < 1.29 is 45.9 Å². The fourth-order valence-electron chi connectivity index (χ4n) is 3.15. The zero-order valence-electron chi connectivity index (χ0n) is 18.2. The summed E-state index contributed by atoms with van der Waals surface area (Å²) in [6.45, 7) is -1.97. The maximum Gasteiger partial charge on any atom is 0.429 e. The summed E-state index contributed by atoms with van der Waals surface area (Å²) in [7, 11) is 0. The standard InChI is InChI=1S/C21H14F6N6O4/c22-11-3-1-2-10(16(11)24)8-33-15(13-4-5-37-32-13)6-14(31-33)18-28-7-12(23)17(30-18)29-9-20(36,19(34)35)21(25,26)27/h1-7,36H,8-9H2,(H,34,35)(H,28,29,30). The summed E-state index contributed by atoms with van der Waals surface area (Å²) in [5.74, 6) is -7.27. The molecule has 3 aromatic heterocycles. The summed E-state index contributed by atoms with van der Waals surface area (Å²) in [5.41, 5.74) is -3.97. The van der Waals surface area contributed by atoms with Crippen LogP contribution in [0.5, 0.6) is 0 Å².